The third-order valence-corrected chi connectivity index (χ3v) is 2.70. The molecular formula is C13H24O4. The minimum absolute atomic E-state index is 0.179. The van der Waals surface area contributed by atoms with E-state index in [1.54, 1.807) is 13.8 Å². The van der Waals surface area contributed by atoms with E-state index >= 15 is 0 Å². The molecule has 0 N–H and O–H groups in total. The first-order valence-electron chi connectivity index (χ1n) is 6.32. The zero-order chi connectivity index (χ0) is 13.3. The molecule has 100 valence electrons. The summed E-state index contributed by atoms with van der Waals surface area (Å²) >= 11 is 0. The maximum Gasteiger partial charge on any atom is 0.306 e. The van der Waals surface area contributed by atoms with Crippen molar-refractivity contribution in [1.82, 2.24) is 0 Å². The predicted octanol–water partition coefficient (Wildman–Crippen LogP) is 2.56. The molecule has 4 nitrogen and oxygen atoms in total. The Kier molecular flexibility index (Phi) is 8.46. The standard InChI is InChI=1S/C13H24O4/c1-5-16-12(14)8-7-11(10(3)4)9-13(15)17-6-2/h10-11H,5-9H2,1-4H3/t11-/m1/s1. The van der Waals surface area contributed by atoms with Crippen LogP contribution in [0.4, 0.5) is 0 Å². The van der Waals surface area contributed by atoms with Crippen molar-refractivity contribution in [1.29, 1.82) is 0 Å². The molecule has 0 saturated heterocycles. The van der Waals surface area contributed by atoms with E-state index in [2.05, 4.69) is 13.8 Å². The number of hydrogen-bond donors (Lipinski definition) is 0. The van der Waals surface area contributed by atoms with E-state index in [0.29, 0.717) is 38.4 Å². The van der Waals surface area contributed by atoms with Gasteiger partial charge < -0.3 is 9.47 Å². The van der Waals surface area contributed by atoms with Crippen LogP contribution >= 0.6 is 0 Å². The van der Waals surface area contributed by atoms with E-state index in [-0.39, 0.29) is 17.9 Å². The highest BCUT2D eigenvalue weighted by Gasteiger charge is 2.19. The first kappa shape index (κ1) is 15.9. The summed E-state index contributed by atoms with van der Waals surface area (Å²) in [6, 6.07) is 0. The van der Waals surface area contributed by atoms with Crippen LogP contribution in [0.3, 0.4) is 0 Å². The Hall–Kier alpha value is -1.06. The molecule has 0 aliphatic carbocycles. The van der Waals surface area contributed by atoms with Crippen LogP contribution in [0.5, 0.6) is 0 Å². The Morgan fingerprint density at radius 3 is 2.00 bits per heavy atom. The van der Waals surface area contributed by atoms with Gasteiger partial charge in [-0.2, -0.15) is 0 Å². The summed E-state index contributed by atoms with van der Waals surface area (Å²) in [7, 11) is 0. The number of esters is 2. The minimum Gasteiger partial charge on any atom is -0.466 e. The second-order valence-electron chi connectivity index (χ2n) is 4.36. The number of carbonyl (C=O) groups is 2. The highest BCUT2D eigenvalue weighted by molar-refractivity contribution is 5.71. The van der Waals surface area contributed by atoms with Crippen LogP contribution in [0, 0.1) is 11.8 Å². The van der Waals surface area contributed by atoms with Gasteiger partial charge in [0.2, 0.25) is 0 Å². The second-order valence-corrected chi connectivity index (χ2v) is 4.36. The largest absolute Gasteiger partial charge is 0.466 e. The molecule has 0 aromatic heterocycles. The maximum absolute atomic E-state index is 11.4. The van der Waals surface area contributed by atoms with Crippen molar-refractivity contribution < 1.29 is 19.1 Å². The maximum atomic E-state index is 11.4. The van der Waals surface area contributed by atoms with E-state index in [1.807, 2.05) is 0 Å². The average Bonchev–Trinajstić information content (AvgIpc) is 2.24. The van der Waals surface area contributed by atoms with Crippen molar-refractivity contribution in [3.8, 4) is 0 Å². The first-order valence-corrected chi connectivity index (χ1v) is 6.32. The molecule has 4 heteroatoms. The molecule has 1 atom stereocenters. The van der Waals surface area contributed by atoms with Crippen molar-refractivity contribution in [2.24, 2.45) is 11.8 Å². The van der Waals surface area contributed by atoms with Gasteiger partial charge in [-0.25, -0.2) is 0 Å². The summed E-state index contributed by atoms with van der Waals surface area (Å²) < 4.78 is 9.79. The molecule has 0 spiro atoms. The van der Waals surface area contributed by atoms with Gasteiger partial charge in [-0.05, 0) is 32.1 Å². The first-order chi connectivity index (χ1) is 8.01. The van der Waals surface area contributed by atoms with Gasteiger partial charge in [0.25, 0.3) is 0 Å². The zero-order valence-corrected chi connectivity index (χ0v) is 11.3. The van der Waals surface area contributed by atoms with Crippen LogP contribution in [-0.2, 0) is 19.1 Å². The number of hydrogen-bond acceptors (Lipinski definition) is 4. The summed E-state index contributed by atoms with van der Waals surface area (Å²) in [6.45, 7) is 8.49. The lowest BCUT2D eigenvalue weighted by atomic mass is 9.88. The van der Waals surface area contributed by atoms with Gasteiger partial charge >= 0.3 is 11.9 Å². The lowest BCUT2D eigenvalue weighted by Gasteiger charge is -2.19. The second kappa shape index (κ2) is 9.02. The molecule has 17 heavy (non-hydrogen) atoms. The lowest BCUT2D eigenvalue weighted by Crippen LogP contribution is -2.18. The predicted molar refractivity (Wildman–Crippen MR) is 65.4 cm³/mol. The van der Waals surface area contributed by atoms with Crippen LogP contribution in [0.2, 0.25) is 0 Å². The smallest absolute Gasteiger partial charge is 0.306 e. The number of ether oxygens (including phenoxy) is 2. The van der Waals surface area contributed by atoms with Crippen molar-refractivity contribution in [3.63, 3.8) is 0 Å². The van der Waals surface area contributed by atoms with Crippen molar-refractivity contribution in [2.45, 2.75) is 47.0 Å². The van der Waals surface area contributed by atoms with E-state index < -0.39 is 0 Å². The van der Waals surface area contributed by atoms with Crippen molar-refractivity contribution in [3.05, 3.63) is 0 Å². The van der Waals surface area contributed by atoms with Gasteiger partial charge in [0, 0.05) is 12.8 Å². The summed E-state index contributed by atoms with van der Waals surface area (Å²) in [5.74, 6) is 0.157. The normalized spacial score (nSPS) is 12.3. The van der Waals surface area contributed by atoms with Gasteiger partial charge in [0.1, 0.15) is 0 Å². The van der Waals surface area contributed by atoms with E-state index in [0.717, 1.165) is 0 Å². The molecule has 0 unspecified atom stereocenters. The molecule has 0 bridgehead atoms. The monoisotopic (exact) mass is 244 g/mol. The topological polar surface area (TPSA) is 52.6 Å². The highest BCUT2D eigenvalue weighted by atomic mass is 16.5. The molecule has 0 aliphatic rings. The Bertz CT molecular complexity index is 236. The van der Waals surface area contributed by atoms with Crippen LogP contribution in [0.1, 0.15) is 47.0 Å². The van der Waals surface area contributed by atoms with Crippen LogP contribution in [0.15, 0.2) is 0 Å². The molecular weight excluding hydrogens is 220 g/mol. The molecule has 0 aromatic carbocycles. The fourth-order valence-corrected chi connectivity index (χ4v) is 1.64. The number of carbonyl (C=O) groups excluding carboxylic acids is 2. The fraction of sp³-hybridized carbons (Fsp3) is 0.846. The highest BCUT2D eigenvalue weighted by Crippen LogP contribution is 2.21. The van der Waals surface area contributed by atoms with Gasteiger partial charge in [-0.15, -0.1) is 0 Å². The molecule has 0 rings (SSSR count). The summed E-state index contributed by atoms with van der Waals surface area (Å²) in [5.41, 5.74) is 0. The Morgan fingerprint density at radius 1 is 1.00 bits per heavy atom. The molecule has 0 aromatic rings. The van der Waals surface area contributed by atoms with Gasteiger partial charge in [0.15, 0.2) is 0 Å². The summed E-state index contributed by atoms with van der Waals surface area (Å²) in [5, 5.41) is 0. The average molecular weight is 244 g/mol. The van der Waals surface area contributed by atoms with Crippen molar-refractivity contribution >= 4 is 11.9 Å². The van der Waals surface area contributed by atoms with E-state index in [1.165, 1.54) is 0 Å². The molecule has 0 amide bonds. The fourth-order valence-electron chi connectivity index (χ4n) is 1.64. The Morgan fingerprint density at radius 2 is 1.53 bits per heavy atom. The third-order valence-electron chi connectivity index (χ3n) is 2.70. The van der Waals surface area contributed by atoms with E-state index in [9.17, 15) is 9.59 Å². The summed E-state index contributed by atoms with van der Waals surface area (Å²) in [4.78, 5) is 22.6. The zero-order valence-electron chi connectivity index (χ0n) is 11.3. The van der Waals surface area contributed by atoms with Gasteiger partial charge in [-0.3, -0.25) is 9.59 Å². The third kappa shape index (κ3) is 7.77. The molecule has 0 saturated carbocycles. The molecule has 0 heterocycles. The van der Waals surface area contributed by atoms with Crippen LogP contribution in [0.25, 0.3) is 0 Å². The minimum atomic E-state index is -0.193. The lowest BCUT2D eigenvalue weighted by molar-refractivity contribution is -0.147. The Balaban J connectivity index is 4.07. The van der Waals surface area contributed by atoms with Crippen molar-refractivity contribution in [2.75, 3.05) is 13.2 Å². The molecule has 0 aliphatic heterocycles. The van der Waals surface area contributed by atoms with Gasteiger partial charge in [0.05, 0.1) is 13.2 Å². The van der Waals surface area contributed by atoms with Crippen LogP contribution < -0.4 is 0 Å². The SMILES string of the molecule is CCOC(=O)CC[C@H](CC(=O)OCC)C(C)C. The van der Waals surface area contributed by atoms with Gasteiger partial charge in [-0.1, -0.05) is 13.8 Å². The Labute approximate surface area is 104 Å². The molecule has 0 fully saturated rings. The molecule has 0 radical (unpaired) electrons. The van der Waals surface area contributed by atoms with E-state index in [4.69, 9.17) is 9.47 Å². The quantitative estimate of drug-likeness (QED) is 0.616. The van der Waals surface area contributed by atoms with Crippen LogP contribution in [-0.4, -0.2) is 25.2 Å². The number of rotatable bonds is 8. The summed E-state index contributed by atoms with van der Waals surface area (Å²) in [6.07, 6.45) is 1.43.